The quantitative estimate of drug-likeness (QED) is 0.652. The molecular weight excluding hydrogens is 416 g/mol. The highest BCUT2D eigenvalue weighted by Crippen LogP contribution is 2.41. The first-order valence-electron chi connectivity index (χ1n) is 11.6. The van der Waals surface area contributed by atoms with Gasteiger partial charge in [0, 0.05) is 57.3 Å². The van der Waals surface area contributed by atoms with E-state index in [0.29, 0.717) is 30.1 Å². The molecule has 33 heavy (non-hydrogen) atoms. The number of aryl methyl sites for hydroxylation is 2. The zero-order chi connectivity index (χ0) is 22.4. The van der Waals surface area contributed by atoms with Crippen LogP contribution in [0, 0.1) is 18.3 Å². The van der Waals surface area contributed by atoms with Crippen LogP contribution in [0.4, 0.5) is 5.82 Å². The molecule has 2 atom stereocenters. The van der Waals surface area contributed by atoms with Gasteiger partial charge in [0.15, 0.2) is 0 Å². The molecule has 168 valence electrons. The highest BCUT2D eigenvalue weighted by molar-refractivity contribution is 5.57. The summed E-state index contributed by atoms with van der Waals surface area (Å²) >= 11 is 0. The molecule has 1 aromatic carbocycles. The summed E-state index contributed by atoms with van der Waals surface area (Å²) in [5, 5.41) is 20.8. The molecule has 0 spiro atoms. The molecule has 0 radical (unpaired) electrons. The van der Waals surface area contributed by atoms with E-state index in [1.165, 1.54) is 16.7 Å². The smallest absolute Gasteiger partial charge is 0.285 e. The lowest BCUT2D eigenvalue weighted by molar-refractivity contribution is 0.199. The highest BCUT2D eigenvalue weighted by Gasteiger charge is 2.36. The Kier molecular flexibility index (Phi) is 5.04. The van der Waals surface area contributed by atoms with Gasteiger partial charge in [0.2, 0.25) is 11.7 Å². The number of hydrogen-bond acceptors (Lipinski definition) is 9. The molecule has 1 aliphatic carbocycles. The zero-order valence-electron chi connectivity index (χ0n) is 18.7. The number of rotatable bonds is 4. The van der Waals surface area contributed by atoms with E-state index >= 15 is 0 Å². The van der Waals surface area contributed by atoms with Gasteiger partial charge in [-0.1, -0.05) is 24.3 Å². The molecule has 0 bridgehead atoms. The second-order valence-electron chi connectivity index (χ2n) is 9.04. The Morgan fingerprint density at radius 1 is 1.21 bits per heavy atom. The Hall–Kier alpha value is -3.35. The van der Waals surface area contributed by atoms with Crippen molar-refractivity contribution in [1.82, 2.24) is 30.4 Å². The van der Waals surface area contributed by atoms with Crippen LogP contribution in [-0.2, 0) is 19.5 Å². The molecule has 1 fully saturated rings. The van der Waals surface area contributed by atoms with Crippen molar-refractivity contribution < 1.29 is 4.42 Å². The normalized spacial score (nSPS) is 22.2. The van der Waals surface area contributed by atoms with E-state index in [1.807, 2.05) is 0 Å². The van der Waals surface area contributed by atoms with Crippen molar-refractivity contribution in [3.63, 3.8) is 0 Å². The highest BCUT2D eigenvalue weighted by atomic mass is 16.4. The third-order valence-corrected chi connectivity index (χ3v) is 6.94. The van der Waals surface area contributed by atoms with E-state index in [1.54, 1.807) is 6.92 Å². The van der Waals surface area contributed by atoms with Gasteiger partial charge in [0.05, 0.1) is 18.2 Å². The van der Waals surface area contributed by atoms with Crippen molar-refractivity contribution in [2.75, 3.05) is 24.5 Å². The summed E-state index contributed by atoms with van der Waals surface area (Å²) in [6.07, 6.45) is 2.72. The van der Waals surface area contributed by atoms with Crippen LogP contribution in [0.2, 0.25) is 0 Å². The average molecular weight is 443 g/mol. The monoisotopic (exact) mass is 442 g/mol. The minimum Gasteiger partial charge on any atom is -0.418 e. The van der Waals surface area contributed by atoms with Gasteiger partial charge in [0.25, 0.3) is 5.89 Å². The van der Waals surface area contributed by atoms with Crippen molar-refractivity contribution in [3.8, 4) is 17.8 Å². The Bertz CT molecular complexity index is 1230. The summed E-state index contributed by atoms with van der Waals surface area (Å²) < 4.78 is 5.67. The van der Waals surface area contributed by atoms with Crippen LogP contribution < -0.4 is 10.2 Å². The maximum atomic E-state index is 9.19. The van der Waals surface area contributed by atoms with Crippen LogP contribution in [-0.4, -0.2) is 50.7 Å². The number of benzene rings is 1. The number of nitrogens with zero attached hydrogens (tertiary/aromatic N) is 7. The van der Waals surface area contributed by atoms with Crippen LogP contribution in [0.5, 0.6) is 0 Å². The predicted octanol–water partition coefficient (Wildman–Crippen LogP) is 2.53. The Labute approximate surface area is 192 Å². The second kappa shape index (κ2) is 8.21. The van der Waals surface area contributed by atoms with Crippen LogP contribution in [0.15, 0.2) is 28.7 Å². The van der Waals surface area contributed by atoms with E-state index in [-0.39, 0.29) is 6.04 Å². The van der Waals surface area contributed by atoms with Gasteiger partial charge >= 0.3 is 0 Å². The summed E-state index contributed by atoms with van der Waals surface area (Å²) in [5.41, 5.74) is 5.10. The number of hydrogen-bond donors (Lipinski definition) is 1. The summed E-state index contributed by atoms with van der Waals surface area (Å²) in [6.45, 7) is 5.76. The molecular formula is C24H26N8O. The summed E-state index contributed by atoms with van der Waals surface area (Å²) in [6, 6.07) is 11.6. The topological polar surface area (TPSA) is 107 Å². The summed E-state index contributed by atoms with van der Waals surface area (Å²) in [5.74, 6) is 2.26. The van der Waals surface area contributed by atoms with Crippen molar-refractivity contribution in [1.29, 1.82) is 5.26 Å². The minimum atomic E-state index is 0.127. The van der Waals surface area contributed by atoms with Gasteiger partial charge in [-0.2, -0.15) is 5.26 Å². The van der Waals surface area contributed by atoms with Crippen molar-refractivity contribution in [2.45, 2.75) is 51.4 Å². The number of piperazine rings is 1. The molecule has 6 rings (SSSR count). The maximum absolute atomic E-state index is 9.19. The van der Waals surface area contributed by atoms with Gasteiger partial charge in [0.1, 0.15) is 5.82 Å². The van der Waals surface area contributed by atoms with Crippen LogP contribution in [0.1, 0.15) is 47.2 Å². The Morgan fingerprint density at radius 3 is 2.97 bits per heavy atom. The molecule has 3 aromatic rings. The predicted molar refractivity (Wildman–Crippen MR) is 121 cm³/mol. The number of nitriles is 1. The second-order valence-corrected chi connectivity index (χ2v) is 9.04. The lowest BCUT2D eigenvalue weighted by atomic mass is 10.1. The molecule has 2 aliphatic heterocycles. The van der Waals surface area contributed by atoms with Crippen LogP contribution in [0.25, 0.3) is 11.7 Å². The standard InChI is InChI=1S/C24H26N8O/c1-15-29-30-24(33-15)22-27-20-14-32(21-7-6-16-4-2-3-5-18(16)21)13-19(20)23(28-22)31-11-10-26-17(12-31)8-9-25/h2-5,17,21,26H,6-8,10-14H2,1H3/t17-,21?/m0/s1. The van der Waals surface area contributed by atoms with Gasteiger partial charge in [-0.15, -0.1) is 10.2 Å². The number of aromatic nitrogens is 4. The molecule has 1 N–H and O–H groups in total. The lowest BCUT2D eigenvalue weighted by Gasteiger charge is -2.34. The van der Waals surface area contributed by atoms with Gasteiger partial charge in [-0.3, -0.25) is 4.90 Å². The third-order valence-electron chi connectivity index (χ3n) is 6.94. The number of fused-ring (bicyclic) bond motifs is 2. The molecule has 9 heteroatoms. The fourth-order valence-electron chi connectivity index (χ4n) is 5.40. The Morgan fingerprint density at radius 2 is 2.12 bits per heavy atom. The van der Waals surface area contributed by atoms with Crippen molar-refractivity contribution >= 4 is 5.82 Å². The number of anilines is 1. The average Bonchev–Trinajstić information content (AvgIpc) is 3.56. The third kappa shape index (κ3) is 3.65. The fourth-order valence-corrected chi connectivity index (χ4v) is 5.40. The molecule has 4 heterocycles. The molecule has 2 aromatic heterocycles. The van der Waals surface area contributed by atoms with Gasteiger partial charge in [-0.05, 0) is 24.0 Å². The van der Waals surface area contributed by atoms with E-state index in [0.717, 1.165) is 57.1 Å². The summed E-state index contributed by atoms with van der Waals surface area (Å²) in [4.78, 5) is 14.6. The maximum Gasteiger partial charge on any atom is 0.285 e. The van der Waals surface area contributed by atoms with Crippen molar-refractivity contribution in [2.24, 2.45) is 0 Å². The van der Waals surface area contributed by atoms with E-state index in [2.05, 4.69) is 55.6 Å². The summed E-state index contributed by atoms with van der Waals surface area (Å²) in [7, 11) is 0. The zero-order valence-corrected chi connectivity index (χ0v) is 18.7. The molecule has 1 unspecified atom stereocenters. The Balaban J connectivity index is 1.37. The molecule has 3 aliphatic rings. The van der Waals surface area contributed by atoms with E-state index < -0.39 is 0 Å². The molecule has 0 saturated carbocycles. The minimum absolute atomic E-state index is 0.127. The largest absolute Gasteiger partial charge is 0.418 e. The molecule has 1 saturated heterocycles. The van der Waals surface area contributed by atoms with E-state index in [4.69, 9.17) is 14.4 Å². The first-order chi connectivity index (χ1) is 16.2. The first kappa shape index (κ1) is 20.3. The molecule has 0 amide bonds. The van der Waals surface area contributed by atoms with Crippen LogP contribution >= 0.6 is 0 Å². The van der Waals surface area contributed by atoms with Gasteiger partial charge in [-0.25, -0.2) is 9.97 Å². The lowest BCUT2D eigenvalue weighted by Crippen LogP contribution is -2.51. The van der Waals surface area contributed by atoms with Crippen LogP contribution in [0.3, 0.4) is 0 Å². The first-order valence-corrected chi connectivity index (χ1v) is 11.6. The SMILES string of the molecule is Cc1nnc(-c2nc3c(c(N4CCN[C@@H](CC#N)C4)n2)CN(C2CCc4ccccc42)C3)o1. The fraction of sp³-hybridized carbons (Fsp3) is 0.458. The number of nitrogens with one attached hydrogen (secondary N) is 1. The molecule has 9 nitrogen and oxygen atoms in total. The van der Waals surface area contributed by atoms with E-state index in [9.17, 15) is 5.26 Å². The van der Waals surface area contributed by atoms with Gasteiger partial charge < -0.3 is 14.6 Å². The van der Waals surface area contributed by atoms with Crippen molar-refractivity contribution in [3.05, 3.63) is 52.5 Å².